The molecule has 1 heteroatoms. The van der Waals surface area contributed by atoms with Gasteiger partial charge in [-0.05, 0) is 29.4 Å². The van der Waals surface area contributed by atoms with Crippen molar-refractivity contribution >= 4 is 0 Å². The fraction of sp³-hybridized carbons (Fsp3) is 0.500. The molecule has 1 aromatic rings. The molecule has 1 aromatic carbocycles. The third-order valence-corrected chi connectivity index (χ3v) is 3.86. The molecule has 0 N–H and O–H groups in total. The van der Waals surface area contributed by atoms with Crippen molar-refractivity contribution in [2.45, 2.75) is 32.6 Å². The molecular formula is C14H17N. The van der Waals surface area contributed by atoms with E-state index in [0.717, 1.165) is 6.42 Å². The van der Waals surface area contributed by atoms with Gasteiger partial charge in [-0.3, -0.25) is 0 Å². The first-order valence-electron chi connectivity index (χ1n) is 5.62. The van der Waals surface area contributed by atoms with Gasteiger partial charge >= 0.3 is 0 Å². The molecule has 0 radical (unpaired) electrons. The minimum atomic E-state index is -0.267. The molecule has 0 unspecified atom stereocenters. The normalized spacial score (nSPS) is 28.9. The largest absolute Gasteiger partial charge is 0.197 e. The first-order valence-corrected chi connectivity index (χ1v) is 5.62. The standard InChI is InChI=1S/C14H17N/c1-10(2)14(9-15)11(3)8-12-6-4-5-7-13(12)14/h4-7,10-11H,8H2,1-3H3/t11-,14+/m1/s1. The lowest BCUT2D eigenvalue weighted by Crippen LogP contribution is -2.34. The lowest BCUT2D eigenvalue weighted by molar-refractivity contribution is 0.302. The quantitative estimate of drug-likeness (QED) is 0.680. The van der Waals surface area contributed by atoms with Gasteiger partial charge in [0, 0.05) is 0 Å². The van der Waals surface area contributed by atoms with Gasteiger partial charge in [0.15, 0.2) is 0 Å². The molecule has 0 amide bonds. The van der Waals surface area contributed by atoms with Crippen LogP contribution in [0.4, 0.5) is 0 Å². The Morgan fingerprint density at radius 3 is 2.67 bits per heavy atom. The third-order valence-electron chi connectivity index (χ3n) is 3.86. The van der Waals surface area contributed by atoms with Gasteiger partial charge in [-0.25, -0.2) is 0 Å². The molecule has 0 heterocycles. The average Bonchev–Trinajstić information content (AvgIpc) is 2.50. The van der Waals surface area contributed by atoms with E-state index in [1.807, 2.05) is 6.07 Å². The van der Waals surface area contributed by atoms with Crippen molar-refractivity contribution in [2.75, 3.05) is 0 Å². The Morgan fingerprint density at radius 2 is 2.07 bits per heavy atom. The van der Waals surface area contributed by atoms with Gasteiger partial charge in [0.25, 0.3) is 0 Å². The van der Waals surface area contributed by atoms with Crippen molar-refractivity contribution < 1.29 is 0 Å². The Balaban J connectivity index is 2.63. The monoisotopic (exact) mass is 199 g/mol. The highest BCUT2D eigenvalue weighted by Crippen LogP contribution is 2.47. The fourth-order valence-electron chi connectivity index (χ4n) is 3.04. The average molecular weight is 199 g/mol. The van der Waals surface area contributed by atoms with Crippen LogP contribution < -0.4 is 0 Å². The Hall–Kier alpha value is -1.29. The molecule has 0 saturated carbocycles. The summed E-state index contributed by atoms with van der Waals surface area (Å²) in [6.45, 7) is 6.51. The predicted octanol–water partition coefficient (Wildman–Crippen LogP) is 3.30. The summed E-state index contributed by atoms with van der Waals surface area (Å²) in [5.41, 5.74) is 2.35. The van der Waals surface area contributed by atoms with Crippen molar-refractivity contribution in [3.8, 4) is 6.07 Å². The smallest absolute Gasteiger partial charge is 0.0876 e. The van der Waals surface area contributed by atoms with Crippen molar-refractivity contribution in [3.05, 3.63) is 35.4 Å². The van der Waals surface area contributed by atoms with Crippen LogP contribution in [0.2, 0.25) is 0 Å². The maximum absolute atomic E-state index is 9.55. The summed E-state index contributed by atoms with van der Waals surface area (Å²) in [4.78, 5) is 0. The second-order valence-electron chi connectivity index (χ2n) is 4.90. The molecule has 0 spiro atoms. The molecule has 2 rings (SSSR count). The van der Waals surface area contributed by atoms with E-state index in [1.165, 1.54) is 11.1 Å². The molecule has 1 nitrogen and oxygen atoms in total. The van der Waals surface area contributed by atoms with Crippen molar-refractivity contribution in [1.29, 1.82) is 5.26 Å². The molecule has 0 fully saturated rings. The highest BCUT2D eigenvalue weighted by molar-refractivity contribution is 5.46. The van der Waals surface area contributed by atoms with E-state index in [1.54, 1.807) is 0 Å². The van der Waals surface area contributed by atoms with Crippen LogP contribution in [0.15, 0.2) is 24.3 Å². The van der Waals surface area contributed by atoms with Crippen LogP contribution in [0.25, 0.3) is 0 Å². The van der Waals surface area contributed by atoms with Crippen molar-refractivity contribution in [1.82, 2.24) is 0 Å². The zero-order chi connectivity index (χ0) is 11.1. The molecule has 0 saturated heterocycles. The van der Waals surface area contributed by atoms with Gasteiger partial charge in [0.1, 0.15) is 0 Å². The maximum atomic E-state index is 9.55. The summed E-state index contributed by atoms with van der Waals surface area (Å²) in [5.74, 6) is 0.807. The van der Waals surface area contributed by atoms with Crippen LogP contribution >= 0.6 is 0 Å². The first-order chi connectivity index (χ1) is 7.13. The number of nitriles is 1. The Morgan fingerprint density at radius 1 is 1.40 bits per heavy atom. The van der Waals surface area contributed by atoms with Gasteiger partial charge in [0.05, 0.1) is 11.5 Å². The van der Waals surface area contributed by atoms with E-state index in [-0.39, 0.29) is 5.41 Å². The Bertz CT molecular complexity index is 414. The molecular weight excluding hydrogens is 182 g/mol. The minimum Gasteiger partial charge on any atom is -0.197 e. The molecule has 1 aliphatic rings. The van der Waals surface area contributed by atoms with Crippen molar-refractivity contribution in [2.24, 2.45) is 11.8 Å². The summed E-state index contributed by atoms with van der Waals surface area (Å²) in [6.07, 6.45) is 1.04. The number of rotatable bonds is 1. The summed E-state index contributed by atoms with van der Waals surface area (Å²) in [5, 5.41) is 9.55. The number of hydrogen-bond acceptors (Lipinski definition) is 1. The zero-order valence-corrected chi connectivity index (χ0v) is 9.62. The third kappa shape index (κ3) is 1.21. The van der Waals surface area contributed by atoms with E-state index in [4.69, 9.17) is 0 Å². The summed E-state index contributed by atoms with van der Waals surface area (Å²) < 4.78 is 0. The van der Waals surface area contributed by atoms with Crippen molar-refractivity contribution in [3.63, 3.8) is 0 Å². The summed E-state index contributed by atoms with van der Waals surface area (Å²) in [7, 11) is 0. The highest BCUT2D eigenvalue weighted by atomic mass is 14.5. The molecule has 0 aromatic heterocycles. The van der Waals surface area contributed by atoms with Crippen LogP contribution in [-0.4, -0.2) is 0 Å². The number of nitrogens with zero attached hydrogens (tertiary/aromatic N) is 1. The van der Waals surface area contributed by atoms with E-state index >= 15 is 0 Å². The van der Waals surface area contributed by atoms with E-state index in [9.17, 15) is 5.26 Å². The van der Waals surface area contributed by atoms with Gasteiger partial charge < -0.3 is 0 Å². The molecule has 15 heavy (non-hydrogen) atoms. The maximum Gasteiger partial charge on any atom is 0.0876 e. The van der Waals surface area contributed by atoms with Gasteiger partial charge in [-0.15, -0.1) is 0 Å². The summed E-state index contributed by atoms with van der Waals surface area (Å²) in [6, 6.07) is 11.0. The molecule has 0 bridgehead atoms. The summed E-state index contributed by atoms with van der Waals surface area (Å²) >= 11 is 0. The van der Waals surface area contributed by atoms with Crippen LogP contribution in [0.1, 0.15) is 31.9 Å². The number of benzene rings is 1. The van der Waals surface area contributed by atoms with Crippen LogP contribution in [-0.2, 0) is 11.8 Å². The topological polar surface area (TPSA) is 23.8 Å². The van der Waals surface area contributed by atoms with E-state index in [2.05, 4.69) is 45.0 Å². The van der Waals surface area contributed by atoms with E-state index in [0.29, 0.717) is 11.8 Å². The van der Waals surface area contributed by atoms with Gasteiger partial charge in [0.2, 0.25) is 0 Å². The van der Waals surface area contributed by atoms with Crippen LogP contribution in [0, 0.1) is 23.2 Å². The SMILES string of the molecule is CC(C)[C@]1(C#N)c2ccccc2C[C@H]1C. The van der Waals surface area contributed by atoms with Crippen LogP contribution in [0.3, 0.4) is 0 Å². The number of hydrogen-bond donors (Lipinski definition) is 0. The van der Waals surface area contributed by atoms with Crippen LogP contribution in [0.5, 0.6) is 0 Å². The molecule has 0 aliphatic heterocycles. The lowest BCUT2D eigenvalue weighted by atomic mass is 9.69. The van der Waals surface area contributed by atoms with E-state index < -0.39 is 0 Å². The van der Waals surface area contributed by atoms with Gasteiger partial charge in [-0.1, -0.05) is 45.0 Å². The zero-order valence-electron chi connectivity index (χ0n) is 9.62. The first kappa shape index (κ1) is 10.2. The molecule has 2 atom stereocenters. The fourth-order valence-corrected chi connectivity index (χ4v) is 3.04. The highest BCUT2D eigenvalue weighted by Gasteiger charge is 2.46. The minimum absolute atomic E-state index is 0.267. The predicted molar refractivity (Wildman–Crippen MR) is 61.4 cm³/mol. The molecule has 78 valence electrons. The number of fused-ring (bicyclic) bond motifs is 1. The Kier molecular flexibility index (Phi) is 2.31. The second kappa shape index (κ2) is 3.38. The van der Waals surface area contributed by atoms with Gasteiger partial charge in [-0.2, -0.15) is 5.26 Å². The lowest BCUT2D eigenvalue weighted by Gasteiger charge is -2.31. The molecule has 1 aliphatic carbocycles. The Labute approximate surface area is 91.7 Å². The second-order valence-corrected chi connectivity index (χ2v) is 4.90.